The minimum atomic E-state index is -0.834. The second kappa shape index (κ2) is 11.5. The van der Waals surface area contributed by atoms with Gasteiger partial charge >= 0.3 is 5.97 Å². The molecule has 0 bridgehead atoms. The van der Waals surface area contributed by atoms with Gasteiger partial charge in [0.15, 0.2) is 4.80 Å². The molecule has 4 aromatic rings. The summed E-state index contributed by atoms with van der Waals surface area (Å²) < 4.78 is 12.4. The smallest absolute Gasteiger partial charge is 0.338 e. The Morgan fingerprint density at radius 3 is 2.51 bits per heavy atom. The van der Waals surface area contributed by atoms with Crippen molar-refractivity contribution in [3.05, 3.63) is 138 Å². The number of benzene rings is 3. The van der Waals surface area contributed by atoms with Crippen LogP contribution in [0.25, 0.3) is 5.57 Å². The summed E-state index contributed by atoms with van der Waals surface area (Å²) in [6, 6.07) is 21.0. The molecule has 1 amide bonds. The van der Waals surface area contributed by atoms with Gasteiger partial charge in [0.1, 0.15) is 16.9 Å². The molecule has 0 aliphatic carbocycles. The van der Waals surface area contributed by atoms with Crippen molar-refractivity contribution in [3.8, 4) is 5.75 Å². The molecule has 0 saturated heterocycles. The molecular formula is C33H26ClN3O5S. The first-order valence-corrected chi connectivity index (χ1v) is 14.6. The van der Waals surface area contributed by atoms with E-state index in [2.05, 4.69) is 11.6 Å². The molecule has 8 nitrogen and oxygen atoms in total. The van der Waals surface area contributed by atoms with Gasteiger partial charge < -0.3 is 14.4 Å². The molecule has 0 unspecified atom stereocenters. The van der Waals surface area contributed by atoms with Crippen molar-refractivity contribution < 1.29 is 19.1 Å². The Morgan fingerprint density at radius 2 is 1.79 bits per heavy atom. The van der Waals surface area contributed by atoms with Crippen molar-refractivity contribution >= 4 is 46.1 Å². The molecule has 2 aliphatic rings. The van der Waals surface area contributed by atoms with Crippen LogP contribution in [-0.4, -0.2) is 30.2 Å². The third kappa shape index (κ3) is 4.90. The standard InChI is InChI=1S/C33H26ClN3O5S/c1-4-17-42-32(40)26-19(2)35-33-37(28(26)20-13-15-22(41-3)16-14-20)31(39)29(43-33)27-23-10-6-8-12-25(23)36(30(27)38)18-21-9-5-7-11-24(21)34/h4-16,28H,1,17-18H2,2-3H3/b29-27-/t28-/m0/s1. The lowest BCUT2D eigenvalue weighted by Gasteiger charge is -2.24. The van der Waals surface area contributed by atoms with E-state index in [-0.39, 0.29) is 34.7 Å². The highest BCUT2D eigenvalue weighted by Crippen LogP contribution is 2.37. The number of anilines is 1. The van der Waals surface area contributed by atoms with Crippen molar-refractivity contribution in [1.29, 1.82) is 0 Å². The minimum absolute atomic E-state index is 0.00602. The summed E-state index contributed by atoms with van der Waals surface area (Å²) in [6.07, 6.45) is 1.48. The second-order valence-electron chi connectivity index (χ2n) is 9.94. The molecule has 216 valence electrons. The van der Waals surface area contributed by atoms with Crippen LogP contribution in [0.1, 0.15) is 29.7 Å². The Kier molecular flexibility index (Phi) is 7.60. The number of carbonyl (C=O) groups is 2. The average molecular weight is 612 g/mol. The Labute approximate surface area is 256 Å². The van der Waals surface area contributed by atoms with Crippen LogP contribution in [0.5, 0.6) is 5.75 Å². The van der Waals surface area contributed by atoms with Gasteiger partial charge in [0, 0.05) is 10.6 Å². The lowest BCUT2D eigenvalue weighted by atomic mass is 9.96. The summed E-state index contributed by atoms with van der Waals surface area (Å²) in [6.45, 7) is 5.58. The average Bonchev–Trinajstić information content (AvgIpc) is 3.48. The molecule has 0 radical (unpaired) electrons. The predicted molar refractivity (Wildman–Crippen MR) is 166 cm³/mol. The third-order valence-electron chi connectivity index (χ3n) is 7.42. The second-order valence-corrected chi connectivity index (χ2v) is 11.3. The molecule has 0 saturated carbocycles. The number of ether oxygens (including phenoxy) is 2. The van der Waals surface area contributed by atoms with Crippen LogP contribution in [0.3, 0.4) is 0 Å². The molecule has 0 fully saturated rings. The van der Waals surface area contributed by atoms with Gasteiger partial charge in [-0.15, -0.1) is 0 Å². The van der Waals surface area contributed by atoms with Gasteiger partial charge in [-0.05, 0) is 42.3 Å². The number of hydrogen-bond acceptors (Lipinski definition) is 7. The molecule has 6 rings (SSSR count). The maximum Gasteiger partial charge on any atom is 0.338 e. The minimum Gasteiger partial charge on any atom is -0.497 e. The fourth-order valence-electron chi connectivity index (χ4n) is 5.40. The quantitative estimate of drug-likeness (QED) is 0.226. The maximum atomic E-state index is 14.4. The molecular weight excluding hydrogens is 586 g/mol. The molecule has 3 aromatic carbocycles. The molecule has 43 heavy (non-hydrogen) atoms. The van der Waals surface area contributed by atoms with E-state index in [1.165, 1.54) is 10.6 Å². The number of nitrogens with zero attached hydrogens (tertiary/aromatic N) is 3. The van der Waals surface area contributed by atoms with E-state index in [1.54, 1.807) is 49.3 Å². The zero-order valence-electron chi connectivity index (χ0n) is 23.4. The fourth-order valence-corrected chi connectivity index (χ4v) is 6.73. The molecule has 0 N–H and O–H groups in total. The summed E-state index contributed by atoms with van der Waals surface area (Å²) in [4.78, 5) is 48.4. The van der Waals surface area contributed by atoms with Crippen molar-refractivity contribution in [2.45, 2.75) is 19.5 Å². The van der Waals surface area contributed by atoms with E-state index in [1.807, 2.05) is 42.5 Å². The van der Waals surface area contributed by atoms with E-state index >= 15 is 0 Å². The number of halogens is 1. The van der Waals surface area contributed by atoms with Gasteiger partial charge in [0.05, 0.1) is 42.2 Å². The number of carbonyl (C=O) groups excluding carboxylic acids is 2. The van der Waals surface area contributed by atoms with Crippen LogP contribution >= 0.6 is 22.9 Å². The first-order chi connectivity index (χ1) is 20.8. The van der Waals surface area contributed by atoms with Gasteiger partial charge in [-0.2, -0.15) is 0 Å². The molecule has 0 spiro atoms. The summed E-state index contributed by atoms with van der Waals surface area (Å²) in [5.41, 5.74) is 3.29. The Hall–Kier alpha value is -4.73. The monoisotopic (exact) mass is 611 g/mol. The molecule has 1 atom stereocenters. The topological polar surface area (TPSA) is 90.2 Å². The maximum absolute atomic E-state index is 14.4. The van der Waals surface area contributed by atoms with Crippen LogP contribution in [0.15, 0.2) is 107 Å². The van der Waals surface area contributed by atoms with Crippen molar-refractivity contribution in [2.24, 2.45) is 4.99 Å². The number of esters is 1. The van der Waals surface area contributed by atoms with Crippen LogP contribution < -0.4 is 24.5 Å². The van der Waals surface area contributed by atoms with E-state index in [9.17, 15) is 14.4 Å². The number of amides is 1. The van der Waals surface area contributed by atoms with Crippen molar-refractivity contribution in [2.75, 3.05) is 18.6 Å². The summed E-state index contributed by atoms with van der Waals surface area (Å²) in [5, 5.41) is 0.548. The summed E-state index contributed by atoms with van der Waals surface area (Å²) in [7, 11) is 1.56. The van der Waals surface area contributed by atoms with Crippen LogP contribution in [-0.2, 0) is 20.9 Å². The molecule has 1 aromatic heterocycles. The van der Waals surface area contributed by atoms with Gasteiger partial charge in [-0.3, -0.25) is 14.2 Å². The first-order valence-electron chi connectivity index (χ1n) is 13.5. The molecule has 2 aliphatic heterocycles. The summed E-state index contributed by atoms with van der Waals surface area (Å²) >= 11 is 7.56. The van der Waals surface area contributed by atoms with E-state index in [4.69, 9.17) is 21.1 Å². The lowest BCUT2D eigenvalue weighted by molar-refractivity contribution is -0.138. The highest BCUT2D eigenvalue weighted by Gasteiger charge is 2.37. The number of methoxy groups -OCH3 is 1. The van der Waals surface area contributed by atoms with Crippen LogP contribution in [0.4, 0.5) is 5.69 Å². The number of rotatable bonds is 7. The van der Waals surface area contributed by atoms with Gasteiger partial charge in [0.25, 0.3) is 11.5 Å². The van der Waals surface area contributed by atoms with Crippen molar-refractivity contribution in [3.63, 3.8) is 0 Å². The number of allylic oxidation sites excluding steroid dienone is 1. The molecule has 10 heteroatoms. The zero-order valence-corrected chi connectivity index (χ0v) is 24.9. The SMILES string of the molecule is C=CCOC(=O)C1=C(C)N=c2s/c(=C3\C(=O)N(Cc4ccccc4Cl)c4ccccc43)c(=O)n2[C@H]1c1ccc(OC)cc1. The number of para-hydroxylation sites is 1. The number of aromatic nitrogens is 1. The Bertz CT molecular complexity index is 2010. The predicted octanol–water partition coefficient (Wildman–Crippen LogP) is 4.54. The van der Waals surface area contributed by atoms with Crippen molar-refractivity contribution in [1.82, 2.24) is 4.57 Å². The van der Waals surface area contributed by atoms with Crippen LogP contribution in [0, 0.1) is 0 Å². The van der Waals surface area contributed by atoms with E-state index in [0.717, 1.165) is 16.9 Å². The van der Waals surface area contributed by atoms with E-state index < -0.39 is 17.6 Å². The largest absolute Gasteiger partial charge is 0.497 e. The zero-order chi connectivity index (χ0) is 30.2. The molecule has 3 heterocycles. The normalized spacial score (nSPS) is 16.9. The number of fused-ring (bicyclic) bond motifs is 2. The van der Waals surface area contributed by atoms with Gasteiger partial charge in [-0.1, -0.05) is 84.1 Å². The summed E-state index contributed by atoms with van der Waals surface area (Å²) in [5.74, 6) is -0.288. The highest BCUT2D eigenvalue weighted by molar-refractivity contribution is 7.07. The Morgan fingerprint density at radius 1 is 1.07 bits per heavy atom. The lowest BCUT2D eigenvalue weighted by Crippen LogP contribution is -2.41. The number of thiazole rings is 1. The van der Waals surface area contributed by atoms with Gasteiger partial charge in [0.2, 0.25) is 0 Å². The van der Waals surface area contributed by atoms with Crippen LogP contribution in [0.2, 0.25) is 5.02 Å². The third-order valence-corrected chi connectivity index (χ3v) is 8.84. The van der Waals surface area contributed by atoms with E-state index in [0.29, 0.717) is 38.1 Å². The first kappa shape index (κ1) is 28.4. The fraction of sp³-hybridized carbons (Fsp3) is 0.152. The number of hydrogen-bond donors (Lipinski definition) is 0. The Balaban J connectivity index is 1.56. The van der Waals surface area contributed by atoms with Gasteiger partial charge in [-0.25, -0.2) is 9.79 Å². The highest BCUT2D eigenvalue weighted by atomic mass is 35.5.